The summed E-state index contributed by atoms with van der Waals surface area (Å²) in [6, 6.07) is 7.49. The van der Waals surface area contributed by atoms with Crippen molar-refractivity contribution in [3.63, 3.8) is 0 Å². The summed E-state index contributed by atoms with van der Waals surface area (Å²) in [5.74, 6) is 0. The molecule has 0 aliphatic rings. The summed E-state index contributed by atoms with van der Waals surface area (Å²) in [5.41, 5.74) is 15.3. The SMILES string of the molecule is [N-]=[N+]=NCC=Cc1cccc(N)c1. The monoisotopic (exact) mass is 174 g/mol. The predicted octanol–water partition coefficient (Wildman–Crippen LogP) is 2.59. The minimum Gasteiger partial charge on any atom is -0.399 e. The Morgan fingerprint density at radius 2 is 2.38 bits per heavy atom. The van der Waals surface area contributed by atoms with Crippen LogP contribution in [0.15, 0.2) is 35.5 Å². The zero-order valence-corrected chi connectivity index (χ0v) is 7.09. The van der Waals surface area contributed by atoms with Crippen LogP contribution in [0.4, 0.5) is 5.69 Å². The van der Waals surface area contributed by atoms with Gasteiger partial charge in [-0.3, -0.25) is 0 Å². The Morgan fingerprint density at radius 3 is 3.08 bits per heavy atom. The molecule has 0 saturated carbocycles. The number of nitrogens with two attached hydrogens (primary N) is 1. The van der Waals surface area contributed by atoms with E-state index in [4.69, 9.17) is 11.3 Å². The van der Waals surface area contributed by atoms with E-state index in [1.54, 1.807) is 6.08 Å². The molecule has 1 aromatic rings. The number of rotatable bonds is 3. The highest BCUT2D eigenvalue weighted by Gasteiger charge is 1.86. The summed E-state index contributed by atoms with van der Waals surface area (Å²) in [4.78, 5) is 2.63. The number of azide groups is 1. The van der Waals surface area contributed by atoms with Crippen molar-refractivity contribution in [1.82, 2.24) is 0 Å². The summed E-state index contributed by atoms with van der Waals surface area (Å²) < 4.78 is 0. The summed E-state index contributed by atoms with van der Waals surface area (Å²) in [6.07, 6.45) is 3.65. The molecule has 0 atom stereocenters. The lowest BCUT2D eigenvalue weighted by Gasteiger charge is -1.94. The number of nitrogen functional groups attached to an aromatic ring is 1. The molecule has 0 unspecified atom stereocenters. The Labute approximate surface area is 76.3 Å². The minimum atomic E-state index is 0.366. The zero-order chi connectivity index (χ0) is 9.52. The lowest BCUT2D eigenvalue weighted by molar-refractivity contribution is 1.22. The van der Waals surface area contributed by atoms with Crippen LogP contribution in [0.25, 0.3) is 16.5 Å². The van der Waals surface area contributed by atoms with Crippen molar-refractivity contribution in [2.45, 2.75) is 0 Å². The van der Waals surface area contributed by atoms with Crippen LogP contribution < -0.4 is 5.73 Å². The van der Waals surface area contributed by atoms with Crippen molar-refractivity contribution < 1.29 is 0 Å². The molecule has 0 fully saturated rings. The number of anilines is 1. The molecular weight excluding hydrogens is 164 g/mol. The minimum absolute atomic E-state index is 0.366. The summed E-state index contributed by atoms with van der Waals surface area (Å²) >= 11 is 0. The second-order valence-electron chi connectivity index (χ2n) is 2.49. The van der Waals surface area contributed by atoms with Gasteiger partial charge in [-0.15, -0.1) is 0 Å². The van der Waals surface area contributed by atoms with Crippen molar-refractivity contribution in [1.29, 1.82) is 0 Å². The third-order valence-electron chi connectivity index (χ3n) is 1.47. The molecule has 1 aromatic carbocycles. The van der Waals surface area contributed by atoms with Gasteiger partial charge in [-0.2, -0.15) is 0 Å². The molecule has 0 aliphatic heterocycles. The molecular formula is C9H10N4. The van der Waals surface area contributed by atoms with Gasteiger partial charge in [0, 0.05) is 17.1 Å². The van der Waals surface area contributed by atoms with Crippen molar-refractivity contribution in [3.05, 3.63) is 46.3 Å². The fourth-order valence-electron chi connectivity index (χ4n) is 0.935. The molecule has 0 heterocycles. The molecule has 0 radical (unpaired) electrons. The first-order chi connectivity index (χ1) is 6.33. The van der Waals surface area contributed by atoms with E-state index in [0.29, 0.717) is 6.54 Å². The van der Waals surface area contributed by atoms with Gasteiger partial charge < -0.3 is 5.73 Å². The first-order valence-electron chi connectivity index (χ1n) is 3.86. The molecule has 0 amide bonds. The predicted molar refractivity (Wildman–Crippen MR) is 53.9 cm³/mol. The third kappa shape index (κ3) is 3.31. The highest BCUT2D eigenvalue weighted by atomic mass is 15.1. The van der Waals surface area contributed by atoms with Crippen LogP contribution in [-0.4, -0.2) is 6.54 Å². The Bertz CT molecular complexity index is 350. The Balaban J connectivity index is 2.63. The summed E-state index contributed by atoms with van der Waals surface area (Å²) in [7, 11) is 0. The van der Waals surface area contributed by atoms with Crippen LogP contribution in [0, 0.1) is 0 Å². The molecule has 0 aromatic heterocycles. The van der Waals surface area contributed by atoms with E-state index in [0.717, 1.165) is 11.3 Å². The lowest BCUT2D eigenvalue weighted by Crippen LogP contribution is -1.83. The maximum Gasteiger partial charge on any atom is 0.0443 e. The van der Waals surface area contributed by atoms with E-state index in [9.17, 15) is 0 Å². The van der Waals surface area contributed by atoms with E-state index < -0.39 is 0 Å². The first-order valence-corrected chi connectivity index (χ1v) is 3.86. The molecule has 4 heteroatoms. The van der Waals surface area contributed by atoms with Crippen LogP contribution in [-0.2, 0) is 0 Å². The van der Waals surface area contributed by atoms with Gasteiger partial charge >= 0.3 is 0 Å². The fraction of sp³-hybridized carbons (Fsp3) is 0.111. The topological polar surface area (TPSA) is 74.8 Å². The number of hydrogen-bond donors (Lipinski definition) is 1. The van der Waals surface area contributed by atoms with Crippen molar-refractivity contribution >= 4 is 11.8 Å². The molecule has 2 N–H and O–H groups in total. The van der Waals surface area contributed by atoms with Crippen LogP contribution >= 0.6 is 0 Å². The molecule has 13 heavy (non-hydrogen) atoms. The zero-order valence-electron chi connectivity index (χ0n) is 7.09. The maximum atomic E-state index is 8.01. The second-order valence-corrected chi connectivity index (χ2v) is 2.49. The molecule has 0 aliphatic carbocycles. The smallest absolute Gasteiger partial charge is 0.0443 e. The van der Waals surface area contributed by atoms with Gasteiger partial charge in [-0.25, -0.2) is 0 Å². The Morgan fingerprint density at radius 1 is 1.54 bits per heavy atom. The van der Waals surface area contributed by atoms with Crippen LogP contribution in [0.2, 0.25) is 0 Å². The van der Waals surface area contributed by atoms with E-state index in [1.165, 1.54) is 0 Å². The average molecular weight is 174 g/mol. The van der Waals surface area contributed by atoms with E-state index in [1.807, 2.05) is 30.3 Å². The second kappa shape index (κ2) is 4.85. The maximum absolute atomic E-state index is 8.01. The van der Waals surface area contributed by atoms with Gasteiger partial charge in [0.2, 0.25) is 0 Å². The third-order valence-corrected chi connectivity index (χ3v) is 1.47. The van der Waals surface area contributed by atoms with Crippen LogP contribution in [0.1, 0.15) is 5.56 Å². The summed E-state index contributed by atoms with van der Waals surface area (Å²) in [5, 5.41) is 3.37. The van der Waals surface area contributed by atoms with Crippen molar-refractivity contribution in [2.24, 2.45) is 5.11 Å². The van der Waals surface area contributed by atoms with E-state index >= 15 is 0 Å². The van der Waals surface area contributed by atoms with Crippen LogP contribution in [0.5, 0.6) is 0 Å². The van der Waals surface area contributed by atoms with Gasteiger partial charge in [0.1, 0.15) is 0 Å². The first kappa shape index (κ1) is 9.16. The lowest BCUT2D eigenvalue weighted by atomic mass is 10.2. The molecule has 0 bridgehead atoms. The van der Waals surface area contributed by atoms with Gasteiger partial charge in [0.15, 0.2) is 0 Å². The van der Waals surface area contributed by atoms with Crippen molar-refractivity contribution in [2.75, 3.05) is 12.3 Å². The largest absolute Gasteiger partial charge is 0.399 e. The highest BCUT2D eigenvalue weighted by molar-refractivity contribution is 5.55. The van der Waals surface area contributed by atoms with Crippen LogP contribution in [0.3, 0.4) is 0 Å². The average Bonchev–Trinajstić information content (AvgIpc) is 2.13. The van der Waals surface area contributed by atoms with E-state index in [2.05, 4.69) is 10.0 Å². The Kier molecular flexibility index (Phi) is 3.42. The van der Waals surface area contributed by atoms with Gasteiger partial charge in [0.25, 0.3) is 0 Å². The molecule has 66 valence electrons. The highest BCUT2D eigenvalue weighted by Crippen LogP contribution is 2.07. The summed E-state index contributed by atoms with van der Waals surface area (Å²) in [6.45, 7) is 0.366. The quantitative estimate of drug-likeness (QED) is 0.325. The molecule has 1 rings (SSSR count). The van der Waals surface area contributed by atoms with Crippen molar-refractivity contribution in [3.8, 4) is 0 Å². The molecule has 4 nitrogen and oxygen atoms in total. The van der Waals surface area contributed by atoms with E-state index in [-0.39, 0.29) is 0 Å². The number of benzene rings is 1. The number of nitrogens with zero attached hydrogens (tertiary/aromatic N) is 3. The fourth-order valence-corrected chi connectivity index (χ4v) is 0.935. The standard InChI is InChI=1S/C9H10N4/c10-9-5-1-3-8(7-9)4-2-6-12-13-11/h1-5,7H,6,10H2. The normalized spacial score (nSPS) is 9.85. The Hall–Kier alpha value is -1.93. The van der Waals surface area contributed by atoms with Gasteiger partial charge in [-0.05, 0) is 23.2 Å². The number of hydrogen-bond acceptors (Lipinski definition) is 2. The molecule has 0 spiro atoms. The van der Waals surface area contributed by atoms with Gasteiger partial charge in [-0.1, -0.05) is 29.4 Å². The molecule has 0 saturated heterocycles. The van der Waals surface area contributed by atoms with Gasteiger partial charge in [0.05, 0.1) is 0 Å².